The lowest BCUT2D eigenvalue weighted by Gasteiger charge is -2.34. The molecular weight excluding hydrogens is 302 g/mol. The topological polar surface area (TPSA) is 61.4 Å². The summed E-state index contributed by atoms with van der Waals surface area (Å²) in [7, 11) is 0. The molecule has 1 saturated heterocycles. The molecule has 1 aliphatic rings. The van der Waals surface area contributed by atoms with E-state index in [0.29, 0.717) is 5.56 Å². The van der Waals surface area contributed by atoms with Gasteiger partial charge in [0.05, 0.1) is 0 Å². The van der Waals surface area contributed by atoms with Crippen molar-refractivity contribution in [1.29, 1.82) is 0 Å². The quantitative estimate of drug-likeness (QED) is 0.895. The van der Waals surface area contributed by atoms with E-state index in [1.807, 2.05) is 25.7 Å². The Kier molecular flexibility index (Phi) is 6.84. The van der Waals surface area contributed by atoms with Gasteiger partial charge in [-0.05, 0) is 31.2 Å². The van der Waals surface area contributed by atoms with Crippen LogP contribution in [0.4, 0.5) is 5.69 Å². The lowest BCUT2D eigenvalue weighted by Crippen LogP contribution is -2.52. The molecule has 1 atom stereocenters. The third-order valence-electron chi connectivity index (χ3n) is 3.69. The Hall–Kier alpha value is -1.59. The van der Waals surface area contributed by atoms with Crippen LogP contribution in [0, 0.1) is 5.92 Å². The number of anilines is 1. The summed E-state index contributed by atoms with van der Waals surface area (Å²) in [5.41, 5.74) is 1.38. The first-order valence-electron chi connectivity index (χ1n) is 7.41. The second-order valence-electron chi connectivity index (χ2n) is 5.77. The average molecular weight is 326 g/mol. The van der Waals surface area contributed by atoms with Gasteiger partial charge in [0.2, 0.25) is 5.91 Å². The predicted molar refractivity (Wildman–Crippen MR) is 90.5 cm³/mol. The van der Waals surface area contributed by atoms with Crippen LogP contribution in [0.5, 0.6) is 0 Å². The van der Waals surface area contributed by atoms with Crippen molar-refractivity contribution < 1.29 is 9.59 Å². The van der Waals surface area contributed by atoms with Crippen LogP contribution < -0.4 is 10.6 Å². The molecule has 122 valence electrons. The maximum absolute atomic E-state index is 12.5. The number of nitrogens with zero attached hydrogens (tertiary/aromatic N) is 1. The number of hydrogen-bond acceptors (Lipinski definition) is 3. The fraction of sp³-hybridized carbons (Fsp3) is 0.500. The van der Waals surface area contributed by atoms with E-state index in [0.717, 1.165) is 25.3 Å². The SMILES string of the molecule is CC(C)C(=O)Nc1ccc(C(=O)N2CCNC[C@@H]2C)cc1.Cl. The number of benzene rings is 1. The van der Waals surface area contributed by atoms with E-state index in [-0.39, 0.29) is 36.2 Å². The van der Waals surface area contributed by atoms with Gasteiger partial charge >= 0.3 is 0 Å². The van der Waals surface area contributed by atoms with Crippen LogP contribution in [0.1, 0.15) is 31.1 Å². The van der Waals surface area contributed by atoms with Crippen molar-refractivity contribution in [2.45, 2.75) is 26.8 Å². The monoisotopic (exact) mass is 325 g/mol. The minimum absolute atomic E-state index is 0. The number of hydrogen-bond donors (Lipinski definition) is 2. The highest BCUT2D eigenvalue weighted by atomic mass is 35.5. The van der Waals surface area contributed by atoms with Crippen LogP contribution in [-0.2, 0) is 4.79 Å². The Bertz CT molecular complexity index is 517. The molecule has 1 aromatic rings. The van der Waals surface area contributed by atoms with Crippen LogP contribution in [0.2, 0.25) is 0 Å². The van der Waals surface area contributed by atoms with Gasteiger partial charge in [0, 0.05) is 42.8 Å². The third-order valence-corrected chi connectivity index (χ3v) is 3.69. The fourth-order valence-electron chi connectivity index (χ4n) is 2.29. The molecule has 22 heavy (non-hydrogen) atoms. The number of rotatable bonds is 3. The van der Waals surface area contributed by atoms with E-state index < -0.39 is 0 Å². The minimum atomic E-state index is -0.0620. The molecule has 0 unspecified atom stereocenters. The van der Waals surface area contributed by atoms with Crippen LogP contribution in [0.3, 0.4) is 0 Å². The van der Waals surface area contributed by atoms with Crippen LogP contribution in [-0.4, -0.2) is 42.4 Å². The Morgan fingerprint density at radius 3 is 2.45 bits per heavy atom. The summed E-state index contributed by atoms with van der Waals surface area (Å²) in [6, 6.07) is 7.30. The number of carbonyl (C=O) groups excluding carboxylic acids is 2. The Morgan fingerprint density at radius 1 is 1.27 bits per heavy atom. The van der Waals surface area contributed by atoms with Crippen molar-refractivity contribution in [1.82, 2.24) is 10.2 Å². The first-order chi connectivity index (χ1) is 9.99. The lowest BCUT2D eigenvalue weighted by molar-refractivity contribution is -0.118. The molecule has 5 nitrogen and oxygen atoms in total. The van der Waals surface area contributed by atoms with E-state index in [1.165, 1.54) is 0 Å². The van der Waals surface area contributed by atoms with Crippen molar-refractivity contribution >= 4 is 29.9 Å². The number of halogens is 1. The molecule has 0 bridgehead atoms. The molecule has 6 heteroatoms. The molecule has 0 saturated carbocycles. The summed E-state index contributed by atoms with van der Waals surface area (Å²) < 4.78 is 0. The van der Waals surface area contributed by atoms with E-state index in [1.54, 1.807) is 24.3 Å². The number of amides is 2. The largest absolute Gasteiger partial charge is 0.333 e. The van der Waals surface area contributed by atoms with Crippen LogP contribution >= 0.6 is 12.4 Å². The highest BCUT2D eigenvalue weighted by Crippen LogP contribution is 2.14. The zero-order valence-corrected chi connectivity index (χ0v) is 14.1. The summed E-state index contributed by atoms with van der Waals surface area (Å²) in [6.07, 6.45) is 0. The van der Waals surface area contributed by atoms with E-state index in [9.17, 15) is 9.59 Å². The van der Waals surface area contributed by atoms with Gasteiger partial charge < -0.3 is 15.5 Å². The van der Waals surface area contributed by atoms with Crippen LogP contribution in [0.15, 0.2) is 24.3 Å². The Balaban J connectivity index is 0.00000242. The van der Waals surface area contributed by atoms with Crippen molar-refractivity contribution in [2.75, 3.05) is 25.0 Å². The zero-order chi connectivity index (χ0) is 15.4. The number of nitrogens with one attached hydrogen (secondary N) is 2. The molecular formula is C16H24ClN3O2. The van der Waals surface area contributed by atoms with Gasteiger partial charge in [0.15, 0.2) is 0 Å². The first-order valence-corrected chi connectivity index (χ1v) is 7.41. The summed E-state index contributed by atoms with van der Waals surface area (Å²) in [5, 5.41) is 6.09. The molecule has 0 aliphatic carbocycles. The van der Waals surface area contributed by atoms with Crippen molar-refractivity contribution in [3.63, 3.8) is 0 Å². The Morgan fingerprint density at radius 2 is 1.91 bits per heavy atom. The second kappa shape index (κ2) is 8.15. The van der Waals surface area contributed by atoms with E-state index in [2.05, 4.69) is 10.6 Å². The number of carbonyl (C=O) groups is 2. The maximum atomic E-state index is 12.5. The molecule has 2 amide bonds. The minimum Gasteiger partial charge on any atom is -0.333 e. The summed E-state index contributed by atoms with van der Waals surface area (Å²) in [5.74, 6) is -0.0384. The van der Waals surface area contributed by atoms with Crippen molar-refractivity contribution in [3.05, 3.63) is 29.8 Å². The van der Waals surface area contributed by atoms with Gasteiger partial charge in [-0.3, -0.25) is 9.59 Å². The Labute approximate surface area is 137 Å². The predicted octanol–water partition coefficient (Wildman–Crippen LogP) is 2.14. The summed E-state index contributed by atoms with van der Waals surface area (Å²) >= 11 is 0. The maximum Gasteiger partial charge on any atom is 0.254 e. The van der Waals surface area contributed by atoms with E-state index >= 15 is 0 Å². The van der Waals surface area contributed by atoms with Crippen molar-refractivity contribution in [3.8, 4) is 0 Å². The standard InChI is InChI=1S/C16H23N3O2.ClH/c1-11(2)15(20)18-14-6-4-13(5-7-14)16(21)19-9-8-17-10-12(19)3;/h4-7,11-12,17H,8-10H2,1-3H3,(H,18,20);1H/t12-;/m0./s1. The molecule has 0 spiro atoms. The van der Waals surface area contributed by atoms with Gasteiger partial charge in [0.25, 0.3) is 5.91 Å². The van der Waals surface area contributed by atoms with Gasteiger partial charge in [0.1, 0.15) is 0 Å². The first kappa shape index (κ1) is 18.5. The molecule has 1 heterocycles. The third kappa shape index (κ3) is 4.45. The fourth-order valence-corrected chi connectivity index (χ4v) is 2.29. The van der Waals surface area contributed by atoms with E-state index in [4.69, 9.17) is 0 Å². The smallest absolute Gasteiger partial charge is 0.254 e. The molecule has 1 aliphatic heterocycles. The molecule has 1 fully saturated rings. The lowest BCUT2D eigenvalue weighted by atomic mass is 10.1. The van der Waals surface area contributed by atoms with Gasteiger partial charge in [-0.2, -0.15) is 0 Å². The van der Waals surface area contributed by atoms with Crippen LogP contribution in [0.25, 0.3) is 0 Å². The van der Waals surface area contributed by atoms with Crippen molar-refractivity contribution in [2.24, 2.45) is 5.92 Å². The summed E-state index contributed by atoms with van der Waals surface area (Å²) in [6.45, 7) is 8.12. The molecule has 2 rings (SSSR count). The normalized spacial score (nSPS) is 17.8. The average Bonchev–Trinajstić information content (AvgIpc) is 2.47. The zero-order valence-electron chi connectivity index (χ0n) is 13.3. The second-order valence-corrected chi connectivity index (χ2v) is 5.77. The molecule has 2 N–H and O–H groups in total. The van der Waals surface area contributed by atoms with Gasteiger partial charge in [-0.25, -0.2) is 0 Å². The highest BCUT2D eigenvalue weighted by Gasteiger charge is 2.23. The van der Waals surface area contributed by atoms with Gasteiger partial charge in [-0.15, -0.1) is 12.4 Å². The number of piperazine rings is 1. The highest BCUT2D eigenvalue weighted by molar-refractivity contribution is 5.96. The molecule has 0 aromatic heterocycles. The molecule has 0 radical (unpaired) electrons. The summed E-state index contributed by atoms with van der Waals surface area (Å²) in [4.78, 5) is 26.0. The molecule has 1 aromatic carbocycles. The van der Waals surface area contributed by atoms with Gasteiger partial charge in [-0.1, -0.05) is 13.8 Å².